The molecular weight excluding hydrogens is 334 g/mol. The van der Waals surface area contributed by atoms with Crippen LogP contribution in [0.2, 0.25) is 0 Å². The summed E-state index contributed by atoms with van der Waals surface area (Å²) in [6, 6.07) is 10.0. The van der Waals surface area contributed by atoms with Gasteiger partial charge in [-0.3, -0.25) is 4.79 Å². The van der Waals surface area contributed by atoms with Crippen molar-refractivity contribution in [3.63, 3.8) is 0 Å². The molecule has 1 amide bonds. The van der Waals surface area contributed by atoms with Gasteiger partial charge in [0.15, 0.2) is 0 Å². The normalized spacial score (nSPS) is 19.0. The van der Waals surface area contributed by atoms with Gasteiger partial charge in [0.05, 0.1) is 11.4 Å². The van der Waals surface area contributed by atoms with E-state index in [0.717, 1.165) is 37.1 Å². The van der Waals surface area contributed by atoms with Crippen molar-refractivity contribution < 1.29 is 9.21 Å². The van der Waals surface area contributed by atoms with E-state index in [2.05, 4.69) is 4.98 Å². The van der Waals surface area contributed by atoms with Gasteiger partial charge in [-0.1, -0.05) is 18.2 Å². The van der Waals surface area contributed by atoms with Crippen LogP contribution in [-0.2, 0) is 10.5 Å². The number of rotatable bonds is 6. The molecule has 1 fully saturated rings. The first-order valence-corrected chi connectivity index (χ1v) is 9.93. The average Bonchev–Trinajstić information content (AvgIpc) is 3.11. The second-order valence-electron chi connectivity index (χ2n) is 6.51. The van der Waals surface area contributed by atoms with Gasteiger partial charge in [-0.15, -0.1) is 11.8 Å². The number of nitrogens with two attached hydrogens (primary N) is 1. The van der Waals surface area contributed by atoms with Gasteiger partial charge in [0, 0.05) is 29.9 Å². The first-order valence-electron chi connectivity index (χ1n) is 8.78. The summed E-state index contributed by atoms with van der Waals surface area (Å²) in [5.41, 5.74) is 7.87. The molecule has 25 heavy (non-hydrogen) atoms. The van der Waals surface area contributed by atoms with E-state index in [0.29, 0.717) is 17.4 Å². The lowest BCUT2D eigenvalue weighted by molar-refractivity contribution is -0.132. The van der Waals surface area contributed by atoms with E-state index in [1.54, 1.807) is 18.0 Å². The van der Waals surface area contributed by atoms with Crippen LogP contribution in [-0.4, -0.2) is 40.2 Å². The zero-order valence-corrected chi connectivity index (χ0v) is 15.4. The highest BCUT2D eigenvalue weighted by molar-refractivity contribution is 7.99. The fourth-order valence-electron chi connectivity index (χ4n) is 3.23. The highest BCUT2D eigenvalue weighted by Gasteiger charge is 2.28. The summed E-state index contributed by atoms with van der Waals surface area (Å²) in [6.07, 6.45) is 4.91. The van der Waals surface area contributed by atoms with Crippen LogP contribution >= 0.6 is 11.8 Å². The van der Waals surface area contributed by atoms with Crippen molar-refractivity contribution in [2.75, 3.05) is 12.3 Å². The number of piperidine rings is 1. The number of thioether (sulfide) groups is 1. The number of carbonyl (C=O) groups excluding carboxylic acids is 1. The van der Waals surface area contributed by atoms with Crippen molar-refractivity contribution in [1.29, 1.82) is 0 Å². The summed E-state index contributed by atoms with van der Waals surface area (Å²) in [5.74, 6) is 1.92. The second kappa shape index (κ2) is 8.54. The van der Waals surface area contributed by atoms with Crippen LogP contribution < -0.4 is 5.73 Å². The van der Waals surface area contributed by atoms with E-state index in [-0.39, 0.29) is 18.0 Å². The summed E-state index contributed by atoms with van der Waals surface area (Å²) in [7, 11) is 0. The molecule has 2 unspecified atom stereocenters. The van der Waals surface area contributed by atoms with Gasteiger partial charge in [0.1, 0.15) is 6.26 Å². The second-order valence-corrected chi connectivity index (χ2v) is 7.50. The number of hydrogen-bond acceptors (Lipinski definition) is 5. The van der Waals surface area contributed by atoms with Gasteiger partial charge in [0.25, 0.3) is 0 Å². The van der Waals surface area contributed by atoms with Crippen molar-refractivity contribution in [1.82, 2.24) is 9.88 Å². The van der Waals surface area contributed by atoms with Crippen LogP contribution in [0, 0.1) is 0 Å². The van der Waals surface area contributed by atoms with Crippen molar-refractivity contribution >= 4 is 17.7 Å². The van der Waals surface area contributed by atoms with Gasteiger partial charge in [-0.25, -0.2) is 4.98 Å². The number of aromatic nitrogens is 1. The molecule has 2 aromatic rings. The Balaban J connectivity index is 1.51. The molecule has 1 aromatic carbocycles. The summed E-state index contributed by atoms with van der Waals surface area (Å²) >= 11 is 1.58. The zero-order valence-electron chi connectivity index (χ0n) is 14.6. The first-order chi connectivity index (χ1) is 12.1. The Morgan fingerprint density at radius 2 is 2.20 bits per heavy atom. The highest BCUT2D eigenvalue weighted by Crippen LogP contribution is 2.23. The van der Waals surface area contributed by atoms with Gasteiger partial charge in [-0.05, 0) is 38.3 Å². The molecule has 1 aliphatic rings. The molecule has 0 saturated carbocycles. The predicted octanol–water partition coefficient (Wildman–Crippen LogP) is 3.30. The fourth-order valence-corrected chi connectivity index (χ4v) is 4.01. The van der Waals surface area contributed by atoms with Crippen LogP contribution in [0.25, 0.3) is 11.5 Å². The number of carbonyl (C=O) groups is 1. The minimum absolute atomic E-state index is 0.0261. The molecule has 0 aliphatic carbocycles. The minimum atomic E-state index is 0.0261. The summed E-state index contributed by atoms with van der Waals surface area (Å²) in [5, 5.41) is 0. The maximum absolute atomic E-state index is 12.5. The molecule has 5 nitrogen and oxygen atoms in total. The van der Waals surface area contributed by atoms with Crippen LogP contribution in [0.15, 0.2) is 41.0 Å². The van der Waals surface area contributed by atoms with Crippen LogP contribution in [0.3, 0.4) is 0 Å². The molecule has 0 bridgehead atoms. The fraction of sp³-hybridized carbons (Fsp3) is 0.474. The lowest BCUT2D eigenvalue weighted by atomic mass is 9.97. The van der Waals surface area contributed by atoms with Crippen molar-refractivity contribution in [2.45, 2.75) is 44.0 Å². The Morgan fingerprint density at radius 3 is 2.96 bits per heavy atom. The van der Waals surface area contributed by atoms with Gasteiger partial charge < -0.3 is 15.1 Å². The third-order valence-electron chi connectivity index (χ3n) is 4.52. The Hall–Kier alpha value is -1.79. The monoisotopic (exact) mass is 359 g/mol. The van der Waals surface area contributed by atoms with E-state index in [9.17, 15) is 4.79 Å². The number of oxazole rings is 1. The molecule has 134 valence electrons. The van der Waals surface area contributed by atoms with Crippen LogP contribution in [0.1, 0.15) is 31.9 Å². The van der Waals surface area contributed by atoms with E-state index in [4.69, 9.17) is 10.2 Å². The molecule has 1 saturated heterocycles. The van der Waals surface area contributed by atoms with Crippen molar-refractivity contribution in [3.8, 4) is 11.5 Å². The topological polar surface area (TPSA) is 72.4 Å². The predicted molar refractivity (Wildman–Crippen MR) is 101 cm³/mol. The van der Waals surface area contributed by atoms with E-state index in [1.165, 1.54) is 0 Å². The molecule has 2 atom stereocenters. The molecule has 1 aromatic heterocycles. The number of nitrogens with zero attached hydrogens (tertiary/aromatic N) is 2. The number of benzene rings is 1. The Labute approximate surface area is 153 Å². The molecule has 2 heterocycles. The summed E-state index contributed by atoms with van der Waals surface area (Å²) < 4.78 is 5.54. The van der Waals surface area contributed by atoms with Crippen molar-refractivity contribution in [2.24, 2.45) is 5.73 Å². The van der Waals surface area contributed by atoms with Gasteiger partial charge in [-0.2, -0.15) is 0 Å². The first kappa shape index (κ1) is 18.0. The van der Waals surface area contributed by atoms with Crippen molar-refractivity contribution in [3.05, 3.63) is 42.3 Å². The standard InChI is InChI=1S/C19H25N3O2S/c1-14(20)17-9-5-6-10-22(17)18(23)13-25-12-16-11-24-19(21-16)15-7-3-2-4-8-15/h2-4,7-8,11,14,17H,5-6,9-10,12-13,20H2,1H3. The Morgan fingerprint density at radius 1 is 1.40 bits per heavy atom. The largest absolute Gasteiger partial charge is 0.444 e. The van der Waals surface area contributed by atoms with E-state index in [1.807, 2.05) is 42.2 Å². The quantitative estimate of drug-likeness (QED) is 0.857. The Bertz CT molecular complexity index is 687. The number of hydrogen-bond donors (Lipinski definition) is 1. The van der Waals surface area contributed by atoms with Gasteiger partial charge >= 0.3 is 0 Å². The molecule has 3 rings (SSSR count). The summed E-state index contributed by atoms with van der Waals surface area (Å²) in [4.78, 5) is 19.0. The SMILES string of the molecule is CC(N)C1CCCCN1C(=O)CSCc1coc(-c2ccccc2)n1. The minimum Gasteiger partial charge on any atom is -0.444 e. The maximum Gasteiger partial charge on any atom is 0.232 e. The van der Waals surface area contributed by atoms with Gasteiger partial charge in [0.2, 0.25) is 11.8 Å². The molecule has 0 spiro atoms. The van der Waals surface area contributed by atoms with Crippen LogP contribution in [0.5, 0.6) is 0 Å². The lowest BCUT2D eigenvalue weighted by Gasteiger charge is -2.38. The zero-order chi connectivity index (χ0) is 17.6. The highest BCUT2D eigenvalue weighted by atomic mass is 32.2. The third kappa shape index (κ3) is 4.64. The third-order valence-corrected chi connectivity index (χ3v) is 5.48. The molecule has 0 radical (unpaired) electrons. The number of amides is 1. The average molecular weight is 359 g/mol. The van der Waals surface area contributed by atoms with Crippen LogP contribution in [0.4, 0.5) is 0 Å². The Kier molecular flexibility index (Phi) is 6.15. The smallest absolute Gasteiger partial charge is 0.232 e. The molecule has 2 N–H and O–H groups in total. The van der Waals surface area contributed by atoms with E-state index >= 15 is 0 Å². The molecular formula is C19H25N3O2S. The molecule has 1 aliphatic heterocycles. The number of likely N-dealkylation sites (tertiary alicyclic amines) is 1. The maximum atomic E-state index is 12.5. The lowest BCUT2D eigenvalue weighted by Crippen LogP contribution is -2.52. The van der Waals surface area contributed by atoms with E-state index < -0.39 is 0 Å². The summed E-state index contributed by atoms with van der Waals surface area (Å²) in [6.45, 7) is 2.82. The molecule has 6 heteroatoms.